The maximum atomic E-state index is 5.63. The van der Waals surface area contributed by atoms with Crippen LogP contribution in [0.25, 0.3) is 11.3 Å². The van der Waals surface area contributed by atoms with Crippen LogP contribution in [0, 0.1) is 0 Å². The van der Waals surface area contributed by atoms with Gasteiger partial charge in [0.15, 0.2) is 0 Å². The van der Waals surface area contributed by atoms with Crippen LogP contribution in [0.2, 0.25) is 0 Å². The van der Waals surface area contributed by atoms with E-state index in [9.17, 15) is 0 Å². The smallest absolute Gasteiger partial charge is 0.123 e. The maximum Gasteiger partial charge on any atom is 0.123 e. The van der Waals surface area contributed by atoms with Gasteiger partial charge in [-0.2, -0.15) is 0 Å². The summed E-state index contributed by atoms with van der Waals surface area (Å²) in [7, 11) is 0. The number of aromatic nitrogens is 2. The standard InChI is InChI=1S/C17H22N4/c18-17-7-5-14(12-21-17)16-11-13(8-10-20-16)4-6-15-3-1-2-9-19-15/h5,7-8,10-12,15,19H,1-4,6,9H2,(H2,18,21). The lowest BCUT2D eigenvalue weighted by molar-refractivity contribution is 0.383. The van der Waals surface area contributed by atoms with E-state index in [1.54, 1.807) is 6.20 Å². The Bertz CT molecular complexity index is 574. The lowest BCUT2D eigenvalue weighted by Gasteiger charge is -2.23. The minimum Gasteiger partial charge on any atom is -0.384 e. The third kappa shape index (κ3) is 3.79. The summed E-state index contributed by atoms with van der Waals surface area (Å²) in [5.41, 5.74) is 8.95. The Hall–Kier alpha value is -1.94. The largest absolute Gasteiger partial charge is 0.384 e. The lowest BCUT2D eigenvalue weighted by atomic mass is 9.98. The van der Waals surface area contributed by atoms with Crippen LogP contribution in [0.3, 0.4) is 0 Å². The third-order valence-electron chi connectivity index (χ3n) is 4.10. The van der Waals surface area contributed by atoms with Crippen LogP contribution in [0.1, 0.15) is 31.2 Å². The molecule has 1 unspecified atom stereocenters. The topological polar surface area (TPSA) is 63.8 Å². The van der Waals surface area contributed by atoms with E-state index >= 15 is 0 Å². The van der Waals surface area contributed by atoms with Gasteiger partial charge in [0.1, 0.15) is 5.82 Å². The molecule has 0 aromatic carbocycles. The van der Waals surface area contributed by atoms with Crippen LogP contribution in [0.5, 0.6) is 0 Å². The summed E-state index contributed by atoms with van der Waals surface area (Å²) >= 11 is 0. The van der Waals surface area contributed by atoms with Gasteiger partial charge in [-0.15, -0.1) is 0 Å². The molecule has 1 aliphatic heterocycles. The number of pyridine rings is 2. The zero-order chi connectivity index (χ0) is 14.5. The molecule has 3 rings (SSSR count). The van der Waals surface area contributed by atoms with Crippen LogP contribution in [-0.2, 0) is 6.42 Å². The van der Waals surface area contributed by atoms with Crippen molar-refractivity contribution in [2.75, 3.05) is 12.3 Å². The van der Waals surface area contributed by atoms with Gasteiger partial charge in [-0.3, -0.25) is 4.98 Å². The monoisotopic (exact) mass is 282 g/mol. The predicted molar refractivity (Wildman–Crippen MR) is 85.8 cm³/mol. The molecule has 1 atom stereocenters. The molecule has 3 heterocycles. The molecule has 0 aliphatic carbocycles. The van der Waals surface area contributed by atoms with Crippen molar-refractivity contribution >= 4 is 5.82 Å². The van der Waals surface area contributed by atoms with Gasteiger partial charge in [0, 0.05) is 24.0 Å². The predicted octanol–water partition coefficient (Wildman–Crippen LogP) is 2.80. The molecule has 0 bridgehead atoms. The summed E-state index contributed by atoms with van der Waals surface area (Å²) < 4.78 is 0. The molecule has 4 heteroatoms. The van der Waals surface area contributed by atoms with Crippen molar-refractivity contribution < 1.29 is 0 Å². The van der Waals surface area contributed by atoms with Crippen LogP contribution in [-0.4, -0.2) is 22.6 Å². The highest BCUT2D eigenvalue weighted by Gasteiger charge is 2.12. The van der Waals surface area contributed by atoms with Gasteiger partial charge < -0.3 is 11.1 Å². The van der Waals surface area contributed by atoms with Gasteiger partial charge in [0.25, 0.3) is 0 Å². The van der Waals surface area contributed by atoms with Crippen molar-refractivity contribution in [3.8, 4) is 11.3 Å². The number of aryl methyl sites for hydroxylation is 1. The summed E-state index contributed by atoms with van der Waals surface area (Å²) in [5.74, 6) is 0.540. The highest BCUT2D eigenvalue weighted by molar-refractivity contribution is 5.59. The van der Waals surface area contributed by atoms with Gasteiger partial charge in [0.2, 0.25) is 0 Å². The molecule has 1 fully saturated rings. The Balaban J connectivity index is 1.66. The molecule has 4 nitrogen and oxygen atoms in total. The highest BCUT2D eigenvalue weighted by atomic mass is 14.9. The van der Waals surface area contributed by atoms with Crippen LogP contribution in [0.4, 0.5) is 5.82 Å². The number of rotatable bonds is 4. The minimum absolute atomic E-state index is 0.540. The van der Waals surface area contributed by atoms with Gasteiger partial charge in [-0.1, -0.05) is 6.42 Å². The number of nitrogen functional groups attached to an aromatic ring is 1. The third-order valence-corrected chi connectivity index (χ3v) is 4.10. The van der Waals surface area contributed by atoms with E-state index < -0.39 is 0 Å². The van der Waals surface area contributed by atoms with Crippen LogP contribution in [0.15, 0.2) is 36.7 Å². The van der Waals surface area contributed by atoms with Crippen LogP contribution >= 0.6 is 0 Å². The van der Waals surface area contributed by atoms with E-state index in [4.69, 9.17) is 5.73 Å². The van der Waals surface area contributed by atoms with E-state index in [2.05, 4.69) is 27.4 Å². The average molecular weight is 282 g/mol. The summed E-state index contributed by atoms with van der Waals surface area (Å²) in [6.45, 7) is 1.17. The van der Waals surface area contributed by atoms with E-state index in [0.717, 1.165) is 17.7 Å². The molecule has 1 aliphatic rings. The molecule has 0 spiro atoms. The molecular weight excluding hydrogens is 260 g/mol. The Morgan fingerprint density at radius 2 is 2.14 bits per heavy atom. The maximum absolute atomic E-state index is 5.63. The number of nitrogens with one attached hydrogen (secondary N) is 1. The quantitative estimate of drug-likeness (QED) is 0.905. The first-order chi connectivity index (χ1) is 10.3. The summed E-state index contributed by atoms with van der Waals surface area (Å²) in [5, 5.41) is 3.60. The number of anilines is 1. The first kappa shape index (κ1) is 14.0. The highest BCUT2D eigenvalue weighted by Crippen LogP contribution is 2.19. The fraction of sp³-hybridized carbons (Fsp3) is 0.412. The molecular formula is C17H22N4. The molecule has 21 heavy (non-hydrogen) atoms. The van der Waals surface area contributed by atoms with E-state index in [1.807, 2.05) is 18.3 Å². The fourth-order valence-corrected chi connectivity index (χ4v) is 2.86. The second-order valence-electron chi connectivity index (χ2n) is 5.71. The van der Waals surface area contributed by atoms with Crippen molar-refractivity contribution in [3.63, 3.8) is 0 Å². The molecule has 110 valence electrons. The van der Waals surface area contributed by atoms with Gasteiger partial charge >= 0.3 is 0 Å². The van der Waals surface area contributed by atoms with Crippen molar-refractivity contribution in [3.05, 3.63) is 42.2 Å². The first-order valence-electron chi connectivity index (χ1n) is 7.71. The van der Waals surface area contributed by atoms with E-state index in [-0.39, 0.29) is 0 Å². The van der Waals surface area contributed by atoms with Crippen molar-refractivity contribution in [1.29, 1.82) is 0 Å². The molecule has 2 aromatic heterocycles. The van der Waals surface area contributed by atoms with Crippen molar-refractivity contribution in [2.45, 2.75) is 38.1 Å². The molecule has 0 saturated carbocycles. The minimum atomic E-state index is 0.540. The fourth-order valence-electron chi connectivity index (χ4n) is 2.86. The molecule has 0 amide bonds. The number of nitrogens with zero attached hydrogens (tertiary/aromatic N) is 2. The summed E-state index contributed by atoms with van der Waals surface area (Å²) in [6.07, 6.45) is 9.94. The molecule has 2 aromatic rings. The Morgan fingerprint density at radius 3 is 2.90 bits per heavy atom. The van der Waals surface area contributed by atoms with Crippen molar-refractivity contribution in [2.24, 2.45) is 0 Å². The zero-order valence-corrected chi connectivity index (χ0v) is 12.3. The number of piperidine rings is 1. The zero-order valence-electron chi connectivity index (χ0n) is 12.3. The molecule has 0 radical (unpaired) electrons. The lowest BCUT2D eigenvalue weighted by Crippen LogP contribution is -2.34. The van der Waals surface area contributed by atoms with Gasteiger partial charge in [0.05, 0.1) is 5.69 Å². The average Bonchev–Trinajstić information content (AvgIpc) is 2.55. The second-order valence-corrected chi connectivity index (χ2v) is 5.71. The summed E-state index contributed by atoms with van der Waals surface area (Å²) in [4.78, 5) is 8.57. The Labute approximate surface area is 125 Å². The number of hydrogen-bond acceptors (Lipinski definition) is 4. The van der Waals surface area contributed by atoms with E-state index in [1.165, 1.54) is 37.8 Å². The SMILES string of the molecule is Nc1ccc(-c2cc(CCC3CCCCN3)ccn2)cn1. The first-order valence-corrected chi connectivity index (χ1v) is 7.71. The number of nitrogens with two attached hydrogens (primary N) is 1. The Kier molecular flexibility index (Phi) is 4.46. The normalized spacial score (nSPS) is 18.6. The molecule has 1 saturated heterocycles. The van der Waals surface area contributed by atoms with E-state index in [0.29, 0.717) is 11.9 Å². The summed E-state index contributed by atoms with van der Waals surface area (Å²) in [6, 6.07) is 8.73. The van der Waals surface area contributed by atoms with Crippen molar-refractivity contribution in [1.82, 2.24) is 15.3 Å². The number of hydrogen-bond donors (Lipinski definition) is 2. The van der Waals surface area contributed by atoms with Gasteiger partial charge in [-0.05, 0) is 62.1 Å². The Morgan fingerprint density at radius 1 is 1.19 bits per heavy atom. The second kappa shape index (κ2) is 6.68. The van der Waals surface area contributed by atoms with Crippen LogP contribution < -0.4 is 11.1 Å². The van der Waals surface area contributed by atoms with Gasteiger partial charge in [-0.25, -0.2) is 4.98 Å². The molecule has 3 N–H and O–H groups in total.